The zero-order chi connectivity index (χ0) is 86.0. The quantitative estimate of drug-likeness (QED) is 0.0236. The number of benzene rings is 1. The molecule has 0 bridgehead atoms. The Morgan fingerprint density at radius 2 is 1.05 bits per heavy atom. The van der Waals surface area contributed by atoms with Gasteiger partial charge in [-0.3, -0.25) is 9.59 Å². The summed E-state index contributed by atoms with van der Waals surface area (Å²) in [6.45, 7) is 14.8. The van der Waals surface area contributed by atoms with Gasteiger partial charge in [-0.2, -0.15) is 0 Å². The number of hydrogen-bond acceptors (Lipinski definition) is 38. The summed E-state index contributed by atoms with van der Waals surface area (Å²) in [7, 11) is 0. The number of anilines is 1. The van der Waals surface area contributed by atoms with E-state index in [1.807, 2.05) is 13.8 Å². The Morgan fingerprint density at radius 1 is 0.508 bits per heavy atom. The summed E-state index contributed by atoms with van der Waals surface area (Å²) in [5, 5.41) is 215. The van der Waals surface area contributed by atoms with Crippen LogP contribution in [-0.2, 0) is 80.6 Å². The summed E-state index contributed by atoms with van der Waals surface area (Å²) in [6.07, 6.45) is -55.3. The molecular formula is C79H122N2O37. The molecule has 0 spiro atoms. The normalized spacial score (nSPS) is 50.6. The SMILES string of the molecule is CC(=O)N[C@H]1[C@H](O[C@H]2CC[C@]3(C)[C@H]4CC=C5[C@@H]6CC(C)(C)[C@@H](OC(=O)c7ccccc7N)C[C@]6(C(=O)O[C@@H]6O[C@H](CO)[C@@H](O)[C@H](O)[C@H]6O[C@@H]6O[C@@H](C)[C@H](O[C@@H]7O[C@@H](CO)[C@H](O)[C@H]7O)[C@@H](O[C@@H]7O[C@H](CO)[C@@H](O)[C@H](O)[C@H]7O)[C@H]6O)[C@H](O)C[C@@]5(C)[C@]4(C)CC[C@H]3C2(C)C)O[C@H](CO[C@@H]2O[C@H](C)[C@H](O)[C@H](O)[C@H]2O[C@@H]2OC[C@@H](O)[C@H](O)[C@H]2O)[C@@H](O)[C@@H]1O. The minimum absolute atomic E-state index is 0.0201. The topological polar surface area (TPSA) is 612 Å². The number of aliphatic hydroxyl groups is 19. The number of hydrogen-bond donors (Lipinski definition) is 21. The zero-order valence-electron chi connectivity index (χ0n) is 67.5. The molecule has 7 heterocycles. The monoisotopic (exact) mass is 1690 g/mol. The minimum atomic E-state index is -2.22. The number of para-hydroxylation sites is 1. The second-order valence-corrected chi connectivity index (χ2v) is 36.6. The molecule has 5 aliphatic carbocycles. The van der Waals surface area contributed by atoms with Crippen LogP contribution in [0.3, 0.4) is 0 Å². The van der Waals surface area contributed by atoms with Gasteiger partial charge in [0, 0.05) is 24.4 Å². The molecule has 118 heavy (non-hydrogen) atoms. The fourth-order valence-corrected chi connectivity index (χ4v) is 21.8. The number of ether oxygens (including phenoxy) is 15. The molecule has 7 aliphatic heterocycles. The van der Waals surface area contributed by atoms with Crippen molar-refractivity contribution in [1.82, 2.24) is 5.32 Å². The number of nitrogen functional groups attached to an aromatic ring is 1. The van der Waals surface area contributed by atoms with E-state index < -0.39 is 317 Å². The summed E-state index contributed by atoms with van der Waals surface area (Å²) in [4.78, 5) is 43.9. The number of nitrogens with two attached hydrogens (primary N) is 1. The summed E-state index contributed by atoms with van der Waals surface area (Å²) in [6, 6.07) is 4.89. The Bertz CT molecular complexity index is 3680. The number of fused-ring (bicyclic) bond motifs is 7. The maximum absolute atomic E-state index is 16.5. The Hall–Kier alpha value is -4.11. The number of rotatable bonds is 21. The van der Waals surface area contributed by atoms with Gasteiger partial charge in [-0.1, -0.05) is 72.2 Å². The second-order valence-electron chi connectivity index (χ2n) is 36.6. The van der Waals surface area contributed by atoms with Gasteiger partial charge in [-0.15, -0.1) is 0 Å². The first kappa shape index (κ1) is 91.6. The van der Waals surface area contributed by atoms with E-state index in [2.05, 4.69) is 46.0 Å². The van der Waals surface area contributed by atoms with E-state index in [0.29, 0.717) is 32.1 Å². The van der Waals surface area contributed by atoms with Crippen LogP contribution in [-0.4, -0.2) is 369 Å². The van der Waals surface area contributed by atoms with Crippen molar-refractivity contribution in [2.75, 3.05) is 38.8 Å². The van der Waals surface area contributed by atoms with E-state index in [0.717, 1.165) is 5.57 Å². The molecule has 43 atom stereocenters. The van der Waals surface area contributed by atoms with Gasteiger partial charge >= 0.3 is 11.9 Å². The lowest BCUT2D eigenvalue weighted by Crippen LogP contribution is -2.70. The van der Waals surface area contributed by atoms with Crippen LogP contribution in [0.4, 0.5) is 5.69 Å². The van der Waals surface area contributed by atoms with Crippen molar-refractivity contribution in [2.24, 2.45) is 50.2 Å². The summed E-state index contributed by atoms with van der Waals surface area (Å²) in [5.41, 5.74) is 1.38. The molecule has 0 radical (unpaired) electrons. The lowest BCUT2D eigenvalue weighted by molar-refractivity contribution is -0.390. The molecule has 670 valence electrons. The Morgan fingerprint density at radius 3 is 1.69 bits per heavy atom. The molecule has 39 nitrogen and oxygen atoms in total. The fourth-order valence-electron chi connectivity index (χ4n) is 21.8. The highest BCUT2D eigenvalue weighted by molar-refractivity contribution is 5.95. The molecule has 4 saturated carbocycles. The molecule has 13 rings (SSSR count). The van der Waals surface area contributed by atoms with Crippen LogP contribution in [0.25, 0.3) is 0 Å². The average molecular weight is 1690 g/mol. The zero-order valence-corrected chi connectivity index (χ0v) is 67.5. The number of carbonyl (C=O) groups is 3. The van der Waals surface area contributed by atoms with Crippen LogP contribution >= 0.6 is 0 Å². The minimum Gasteiger partial charge on any atom is -0.458 e. The van der Waals surface area contributed by atoms with Gasteiger partial charge in [0.25, 0.3) is 0 Å². The van der Waals surface area contributed by atoms with Crippen LogP contribution in [0.5, 0.6) is 0 Å². The molecule has 39 heteroatoms. The largest absolute Gasteiger partial charge is 0.458 e. The van der Waals surface area contributed by atoms with Crippen molar-refractivity contribution < 1.29 is 182 Å². The molecular weight excluding hydrogens is 1570 g/mol. The van der Waals surface area contributed by atoms with Crippen LogP contribution in [0.2, 0.25) is 0 Å². The number of carbonyl (C=O) groups excluding carboxylic acids is 3. The van der Waals surface area contributed by atoms with E-state index >= 15 is 4.79 Å². The summed E-state index contributed by atoms with van der Waals surface area (Å²) >= 11 is 0. The van der Waals surface area contributed by atoms with Crippen LogP contribution in [0.15, 0.2) is 35.9 Å². The van der Waals surface area contributed by atoms with Crippen molar-refractivity contribution in [3.05, 3.63) is 41.5 Å². The first-order valence-electron chi connectivity index (χ1n) is 40.8. The van der Waals surface area contributed by atoms with E-state index in [1.54, 1.807) is 12.1 Å². The number of allylic oxidation sites excluding steroid dienone is 2. The van der Waals surface area contributed by atoms with Crippen LogP contribution in [0.1, 0.15) is 131 Å². The van der Waals surface area contributed by atoms with Crippen LogP contribution < -0.4 is 11.1 Å². The molecule has 0 unspecified atom stereocenters. The van der Waals surface area contributed by atoms with Crippen LogP contribution in [0, 0.1) is 50.2 Å². The van der Waals surface area contributed by atoms with Crippen molar-refractivity contribution in [3.63, 3.8) is 0 Å². The molecule has 1 aromatic carbocycles. The molecule has 0 aromatic heterocycles. The molecule has 11 fully saturated rings. The van der Waals surface area contributed by atoms with Gasteiger partial charge < -0.3 is 179 Å². The average Bonchev–Trinajstić information content (AvgIpc) is 0.845. The first-order valence-corrected chi connectivity index (χ1v) is 40.8. The second kappa shape index (κ2) is 35.0. The standard InChI is InChI=1S/C79H122N2O37/c1-29-47(88)55(96)63(116-67-57(98)48(89)36(86)27-104-67)71(106-29)105-28-40-52(93)53(94)46(81-31(3)85)66(111-40)113-44-18-19-76(8)41(75(44,6)7)17-20-77(9)42(76)16-15-33-34-21-74(4,5)45(112-65(102)32-13-11-12-14-35(32)80)23-79(34,43(87)22-78(33,77)10)73(103)118-72-64(56(97)50(91)38(25-83)110-72)117-70-60(101)62(115-69-59(100)54(95)49(90)37(24-82)108-69)61(30(2)107-70)114-68-58(99)51(92)39(26-84)109-68/h11-15,29-30,34,36-64,66-72,82-84,86-101H,16-28,80H2,1-10H3,(H,81,85)/t29-,30+,34+,36-,37-,38-,39+,40-,41+,42-,43-,44+,45+,46-,47+,48+,49-,50-,51+,52-,53-,54+,55+,56+,57-,58-,59-,60-,61+,62+,63-,64-,66+,67+,68+,69+,70+,71-,72+,76+,77-,78-,79-/m1/s1. The lowest BCUT2D eigenvalue weighted by atomic mass is 9.33. The maximum atomic E-state index is 16.5. The smallest absolute Gasteiger partial charge is 0.340 e. The summed E-state index contributed by atoms with van der Waals surface area (Å²) < 4.78 is 92.0. The molecule has 12 aliphatic rings. The fraction of sp³-hybridized carbons (Fsp3) is 0.861. The van der Waals surface area contributed by atoms with E-state index in [1.165, 1.54) is 32.9 Å². The number of nitrogens with one attached hydrogen (secondary N) is 1. The molecule has 1 amide bonds. The third kappa shape index (κ3) is 16.1. The number of aliphatic hydroxyl groups excluding tert-OH is 19. The highest BCUT2D eigenvalue weighted by Crippen LogP contribution is 2.76. The van der Waals surface area contributed by atoms with Crippen molar-refractivity contribution in [1.29, 1.82) is 0 Å². The van der Waals surface area contributed by atoms with Crippen molar-refractivity contribution in [2.45, 2.75) is 342 Å². The van der Waals surface area contributed by atoms with Crippen molar-refractivity contribution >= 4 is 23.5 Å². The van der Waals surface area contributed by atoms with E-state index in [4.69, 9.17) is 76.8 Å². The van der Waals surface area contributed by atoms with E-state index in [9.17, 15) is 107 Å². The number of amides is 1. The van der Waals surface area contributed by atoms with Gasteiger partial charge in [0.1, 0.15) is 152 Å². The van der Waals surface area contributed by atoms with Gasteiger partial charge in [-0.25, -0.2) is 4.79 Å². The lowest BCUT2D eigenvalue weighted by Gasteiger charge is -2.72. The third-order valence-corrected chi connectivity index (χ3v) is 28.9. The molecule has 22 N–H and O–H groups in total. The summed E-state index contributed by atoms with van der Waals surface area (Å²) in [5.74, 6) is -3.76. The first-order chi connectivity index (χ1) is 55.4. The number of esters is 2. The van der Waals surface area contributed by atoms with Gasteiger partial charge in [0.05, 0.1) is 63.0 Å². The Balaban J connectivity index is 0.783. The maximum Gasteiger partial charge on any atom is 0.340 e. The van der Waals surface area contributed by atoms with Crippen molar-refractivity contribution in [3.8, 4) is 0 Å². The highest BCUT2D eigenvalue weighted by Gasteiger charge is 2.74. The predicted molar refractivity (Wildman–Crippen MR) is 394 cm³/mol. The van der Waals surface area contributed by atoms with Gasteiger partial charge in [-0.05, 0) is 110 Å². The van der Waals surface area contributed by atoms with Gasteiger partial charge in [0.15, 0.2) is 43.8 Å². The Kier molecular flexibility index (Phi) is 27.2. The molecule has 7 saturated heterocycles. The predicted octanol–water partition coefficient (Wildman–Crippen LogP) is -5.70. The van der Waals surface area contributed by atoms with Gasteiger partial charge in [0.2, 0.25) is 12.2 Å². The third-order valence-electron chi connectivity index (χ3n) is 28.9. The van der Waals surface area contributed by atoms with E-state index in [-0.39, 0.29) is 35.9 Å². The Labute approximate surface area is 680 Å². The highest BCUT2D eigenvalue weighted by atomic mass is 16.8. The molecule has 1 aromatic rings.